The van der Waals surface area contributed by atoms with E-state index in [1.807, 2.05) is 16.4 Å². The number of rotatable bonds is 7. The normalized spacial score (nSPS) is 18.8. The fourth-order valence-corrected chi connectivity index (χ4v) is 4.19. The van der Waals surface area contributed by atoms with Gasteiger partial charge in [0.15, 0.2) is 17.2 Å². The summed E-state index contributed by atoms with van der Waals surface area (Å²) in [6.45, 7) is 7.09. The Hall–Kier alpha value is -2.68. The van der Waals surface area contributed by atoms with E-state index in [0.29, 0.717) is 28.5 Å². The number of benzene rings is 1. The van der Waals surface area contributed by atoms with Gasteiger partial charge in [0.25, 0.3) is 11.8 Å². The lowest BCUT2D eigenvalue weighted by atomic mass is 9.97. The van der Waals surface area contributed by atoms with Gasteiger partial charge in [0, 0.05) is 24.2 Å². The van der Waals surface area contributed by atoms with Crippen molar-refractivity contribution in [3.05, 3.63) is 40.4 Å². The first-order valence-electron chi connectivity index (χ1n) is 10.4. The number of amides is 2. The summed E-state index contributed by atoms with van der Waals surface area (Å²) < 4.78 is 8.02. The number of aromatic amines is 1. The highest BCUT2D eigenvalue weighted by Gasteiger charge is 2.28. The Morgan fingerprint density at radius 2 is 1.90 bits per heavy atom. The van der Waals surface area contributed by atoms with Gasteiger partial charge in [-0.3, -0.25) is 14.7 Å². The molecule has 2 amide bonds. The minimum absolute atomic E-state index is 0.000189. The molecule has 2 heterocycles. The molecule has 0 bridgehead atoms. The third kappa shape index (κ3) is 5.08. The highest BCUT2D eigenvalue weighted by Crippen LogP contribution is 2.23. The number of aromatic nitrogens is 3. The minimum atomic E-state index is -0.217. The van der Waals surface area contributed by atoms with Gasteiger partial charge >= 0.3 is 0 Å². The lowest BCUT2D eigenvalue weighted by molar-refractivity contribution is -0.139. The number of carbonyl (C=O) groups is 2. The van der Waals surface area contributed by atoms with Crippen LogP contribution < -0.4 is 10.1 Å². The molecule has 1 aliphatic rings. The second kappa shape index (κ2) is 9.88. The van der Waals surface area contributed by atoms with E-state index in [1.165, 1.54) is 0 Å². The van der Waals surface area contributed by atoms with Gasteiger partial charge in [-0.25, -0.2) is 0 Å². The summed E-state index contributed by atoms with van der Waals surface area (Å²) in [6, 6.07) is 7.25. The molecule has 2 atom stereocenters. The van der Waals surface area contributed by atoms with E-state index in [9.17, 15) is 9.59 Å². The molecule has 0 spiro atoms. The van der Waals surface area contributed by atoms with E-state index in [-0.39, 0.29) is 37.0 Å². The summed E-state index contributed by atoms with van der Waals surface area (Å²) in [5, 5.41) is 9.70. The molecular weight excluding hydrogens is 402 g/mol. The van der Waals surface area contributed by atoms with E-state index in [4.69, 9.17) is 17.0 Å². The number of H-pyrrole nitrogens is 1. The van der Waals surface area contributed by atoms with Crippen LogP contribution in [-0.2, 0) is 17.9 Å². The third-order valence-electron chi connectivity index (χ3n) is 5.52. The van der Waals surface area contributed by atoms with Crippen molar-refractivity contribution in [2.45, 2.75) is 65.2 Å². The average Bonchev–Trinajstić information content (AvgIpc) is 3.10. The van der Waals surface area contributed by atoms with Gasteiger partial charge in [-0.1, -0.05) is 0 Å². The molecule has 3 rings (SSSR count). The van der Waals surface area contributed by atoms with Crippen LogP contribution in [0.5, 0.6) is 5.75 Å². The largest absolute Gasteiger partial charge is 0.484 e. The van der Waals surface area contributed by atoms with Crippen molar-refractivity contribution in [3.63, 3.8) is 0 Å². The summed E-state index contributed by atoms with van der Waals surface area (Å²) >= 11 is 5.15. The molecule has 1 aromatic carbocycles. The van der Waals surface area contributed by atoms with Crippen molar-refractivity contribution in [1.82, 2.24) is 25.0 Å². The molecule has 0 aliphatic carbocycles. The number of nitrogens with zero attached hydrogens (tertiary/aromatic N) is 3. The lowest BCUT2D eigenvalue weighted by Crippen LogP contribution is -2.49. The quantitative estimate of drug-likeness (QED) is 0.658. The molecule has 30 heavy (non-hydrogen) atoms. The third-order valence-corrected chi connectivity index (χ3v) is 5.83. The molecule has 9 heteroatoms. The molecule has 162 valence electrons. The van der Waals surface area contributed by atoms with Crippen LogP contribution in [-0.4, -0.2) is 50.2 Å². The van der Waals surface area contributed by atoms with Crippen molar-refractivity contribution in [1.29, 1.82) is 0 Å². The monoisotopic (exact) mass is 431 g/mol. The highest BCUT2D eigenvalue weighted by atomic mass is 32.1. The van der Waals surface area contributed by atoms with Crippen LogP contribution >= 0.6 is 12.2 Å². The van der Waals surface area contributed by atoms with Crippen molar-refractivity contribution >= 4 is 24.0 Å². The van der Waals surface area contributed by atoms with Crippen LogP contribution in [0.1, 0.15) is 56.2 Å². The number of hydrogen-bond donors (Lipinski definition) is 2. The van der Waals surface area contributed by atoms with E-state index in [1.54, 1.807) is 24.3 Å². The Morgan fingerprint density at radius 1 is 1.23 bits per heavy atom. The first-order chi connectivity index (χ1) is 14.4. The van der Waals surface area contributed by atoms with Gasteiger partial charge in [0.05, 0.1) is 6.54 Å². The molecule has 0 radical (unpaired) electrons. The molecule has 1 saturated heterocycles. The number of likely N-dealkylation sites (tertiary alicyclic amines) is 1. The van der Waals surface area contributed by atoms with Crippen molar-refractivity contribution in [2.75, 3.05) is 6.61 Å². The average molecular weight is 432 g/mol. The molecule has 2 N–H and O–H groups in total. The van der Waals surface area contributed by atoms with E-state index in [2.05, 4.69) is 29.4 Å². The standard InChI is InChI=1S/C21H29N5O3S/c1-4-25-18(23-24-21(25)30)12-22-20(28)16-8-10-17(11-9-16)29-13-19(27)26-14(2)6-5-7-15(26)3/h8-11,14-15H,4-7,12-13H2,1-3H3,(H,22,28)(H,24,30). The molecule has 0 saturated carbocycles. The van der Waals surface area contributed by atoms with Crippen LogP contribution in [0.25, 0.3) is 0 Å². The number of nitrogens with one attached hydrogen (secondary N) is 2. The second-order valence-corrected chi connectivity index (χ2v) is 8.00. The number of piperidine rings is 1. The Morgan fingerprint density at radius 3 is 2.53 bits per heavy atom. The summed E-state index contributed by atoms with van der Waals surface area (Å²) in [5.41, 5.74) is 0.504. The van der Waals surface area contributed by atoms with Crippen LogP contribution in [0.2, 0.25) is 0 Å². The zero-order valence-corrected chi connectivity index (χ0v) is 18.5. The smallest absolute Gasteiger partial charge is 0.260 e. The van der Waals surface area contributed by atoms with Gasteiger partial charge in [-0.15, -0.1) is 0 Å². The number of ether oxygens (including phenoxy) is 1. The topological polar surface area (TPSA) is 92.2 Å². The molecule has 1 aliphatic heterocycles. The minimum Gasteiger partial charge on any atom is -0.484 e. The Kier molecular flexibility index (Phi) is 7.25. The zero-order chi connectivity index (χ0) is 21.7. The molecule has 2 aromatic rings. The van der Waals surface area contributed by atoms with Crippen molar-refractivity contribution in [3.8, 4) is 5.75 Å². The van der Waals surface area contributed by atoms with Gasteiger partial charge in [0.2, 0.25) is 0 Å². The summed E-state index contributed by atoms with van der Waals surface area (Å²) in [5.74, 6) is 1.02. The first kappa shape index (κ1) is 22.0. The summed E-state index contributed by atoms with van der Waals surface area (Å²) in [4.78, 5) is 26.9. The molecule has 1 aromatic heterocycles. The number of hydrogen-bond acceptors (Lipinski definition) is 5. The molecule has 2 unspecified atom stereocenters. The summed E-state index contributed by atoms with van der Waals surface area (Å²) in [7, 11) is 0. The van der Waals surface area contributed by atoms with Crippen LogP contribution in [0.15, 0.2) is 24.3 Å². The van der Waals surface area contributed by atoms with E-state index in [0.717, 1.165) is 19.3 Å². The van der Waals surface area contributed by atoms with Gasteiger partial charge < -0.3 is 19.5 Å². The van der Waals surface area contributed by atoms with Gasteiger partial charge in [0.1, 0.15) is 5.75 Å². The van der Waals surface area contributed by atoms with Gasteiger partial charge in [-0.2, -0.15) is 5.10 Å². The second-order valence-electron chi connectivity index (χ2n) is 7.61. The van der Waals surface area contributed by atoms with E-state index < -0.39 is 0 Å². The maximum absolute atomic E-state index is 12.6. The molecule has 1 fully saturated rings. The molecule has 8 nitrogen and oxygen atoms in total. The number of carbonyl (C=O) groups excluding carboxylic acids is 2. The SMILES string of the molecule is CCn1c(CNC(=O)c2ccc(OCC(=O)N3C(C)CCCC3C)cc2)n[nH]c1=S. The maximum atomic E-state index is 12.6. The fraction of sp³-hybridized carbons (Fsp3) is 0.524. The fourth-order valence-electron chi connectivity index (χ4n) is 3.91. The van der Waals surface area contributed by atoms with Crippen LogP contribution in [0.3, 0.4) is 0 Å². The highest BCUT2D eigenvalue weighted by molar-refractivity contribution is 7.71. The predicted octanol–water partition coefficient (Wildman–Crippen LogP) is 3.06. The molecular formula is C21H29N5O3S. The van der Waals surface area contributed by atoms with Crippen molar-refractivity contribution < 1.29 is 14.3 Å². The summed E-state index contributed by atoms with van der Waals surface area (Å²) in [6.07, 6.45) is 3.22. The van der Waals surface area contributed by atoms with Crippen LogP contribution in [0, 0.1) is 4.77 Å². The Balaban J connectivity index is 1.52. The van der Waals surface area contributed by atoms with Crippen molar-refractivity contribution in [2.24, 2.45) is 0 Å². The zero-order valence-electron chi connectivity index (χ0n) is 17.7. The lowest BCUT2D eigenvalue weighted by Gasteiger charge is -2.38. The maximum Gasteiger partial charge on any atom is 0.260 e. The Labute approximate surface area is 181 Å². The predicted molar refractivity (Wildman–Crippen MR) is 116 cm³/mol. The Bertz CT molecular complexity index is 927. The van der Waals surface area contributed by atoms with E-state index >= 15 is 0 Å². The van der Waals surface area contributed by atoms with Crippen LogP contribution in [0.4, 0.5) is 0 Å². The van der Waals surface area contributed by atoms with Gasteiger partial charge in [-0.05, 0) is 76.5 Å². The first-order valence-corrected chi connectivity index (χ1v) is 10.8.